The molecule has 0 aliphatic carbocycles. The number of rotatable bonds is 2. The number of aryl methyl sites for hydroxylation is 1. The zero-order chi connectivity index (χ0) is 13.3. The second-order valence-corrected chi connectivity index (χ2v) is 5.00. The van der Waals surface area contributed by atoms with Crippen molar-refractivity contribution < 1.29 is 5.11 Å². The second-order valence-electron chi connectivity index (χ2n) is 5.00. The molecule has 0 fully saturated rings. The lowest BCUT2D eigenvalue weighted by Gasteiger charge is -2.14. The Balaban J connectivity index is 2.57. The molecule has 2 aromatic rings. The van der Waals surface area contributed by atoms with Crippen LogP contribution in [0.2, 0.25) is 0 Å². The van der Waals surface area contributed by atoms with E-state index in [1.807, 2.05) is 37.3 Å². The van der Waals surface area contributed by atoms with Crippen LogP contribution in [-0.2, 0) is 0 Å². The van der Waals surface area contributed by atoms with Crippen LogP contribution in [0.15, 0.2) is 36.4 Å². The minimum absolute atomic E-state index is 0.304. The van der Waals surface area contributed by atoms with E-state index in [-0.39, 0.29) is 0 Å². The average molecular weight is 241 g/mol. The summed E-state index contributed by atoms with van der Waals surface area (Å²) in [5.41, 5.74) is 10.8. The summed E-state index contributed by atoms with van der Waals surface area (Å²) in [6.45, 7) is 6.17. The summed E-state index contributed by atoms with van der Waals surface area (Å²) >= 11 is 0. The van der Waals surface area contributed by atoms with Gasteiger partial charge in [-0.15, -0.1) is 0 Å². The molecule has 0 aliphatic rings. The van der Waals surface area contributed by atoms with Crippen LogP contribution in [0.5, 0.6) is 5.75 Å². The Morgan fingerprint density at radius 2 is 1.67 bits per heavy atom. The monoisotopic (exact) mass is 241 g/mol. The van der Waals surface area contributed by atoms with Crippen molar-refractivity contribution in [1.82, 2.24) is 0 Å². The molecule has 2 heteroatoms. The van der Waals surface area contributed by atoms with E-state index in [4.69, 9.17) is 5.73 Å². The lowest BCUT2D eigenvalue weighted by atomic mass is 9.93. The lowest BCUT2D eigenvalue weighted by molar-refractivity contribution is 0.464. The van der Waals surface area contributed by atoms with Crippen molar-refractivity contribution in [3.8, 4) is 16.9 Å². The van der Waals surface area contributed by atoms with E-state index in [1.165, 1.54) is 0 Å². The van der Waals surface area contributed by atoms with Crippen LogP contribution in [0, 0.1) is 6.92 Å². The first kappa shape index (κ1) is 12.5. The zero-order valence-corrected chi connectivity index (χ0v) is 11.1. The number of hydrogen-bond acceptors (Lipinski definition) is 2. The smallest absolute Gasteiger partial charge is 0.119 e. The maximum atomic E-state index is 9.96. The van der Waals surface area contributed by atoms with Crippen LogP contribution in [0.4, 0.5) is 5.69 Å². The predicted octanol–water partition coefficient (Wildman–Crippen LogP) is 4.07. The summed E-state index contributed by atoms with van der Waals surface area (Å²) in [6.07, 6.45) is 0. The van der Waals surface area contributed by atoms with E-state index in [0.717, 1.165) is 27.9 Å². The number of nitrogen functional groups attached to an aromatic ring is 1. The highest BCUT2D eigenvalue weighted by molar-refractivity contribution is 5.71. The third-order valence-electron chi connectivity index (χ3n) is 3.22. The number of aromatic hydroxyl groups is 1. The van der Waals surface area contributed by atoms with Crippen molar-refractivity contribution in [2.75, 3.05) is 5.73 Å². The first-order valence-electron chi connectivity index (χ1n) is 6.18. The van der Waals surface area contributed by atoms with Crippen molar-refractivity contribution in [1.29, 1.82) is 0 Å². The molecule has 0 atom stereocenters. The van der Waals surface area contributed by atoms with E-state index in [9.17, 15) is 5.11 Å². The Bertz CT molecular complexity index is 556. The van der Waals surface area contributed by atoms with Crippen molar-refractivity contribution in [3.05, 3.63) is 47.5 Å². The molecular formula is C16H19NO. The number of benzene rings is 2. The van der Waals surface area contributed by atoms with Gasteiger partial charge in [0.25, 0.3) is 0 Å². The van der Waals surface area contributed by atoms with E-state index in [1.54, 1.807) is 0 Å². The molecule has 0 aliphatic heterocycles. The second kappa shape index (κ2) is 4.73. The summed E-state index contributed by atoms with van der Waals surface area (Å²) in [7, 11) is 0. The molecular weight excluding hydrogens is 222 g/mol. The molecule has 18 heavy (non-hydrogen) atoms. The normalized spacial score (nSPS) is 10.9. The third-order valence-corrected chi connectivity index (χ3v) is 3.22. The van der Waals surface area contributed by atoms with Gasteiger partial charge in [-0.25, -0.2) is 0 Å². The minimum atomic E-state index is 0.304. The molecule has 0 aromatic heterocycles. The van der Waals surface area contributed by atoms with Gasteiger partial charge in [0.2, 0.25) is 0 Å². The minimum Gasteiger partial charge on any atom is -0.508 e. The Morgan fingerprint density at radius 3 is 2.22 bits per heavy atom. The molecule has 0 amide bonds. The van der Waals surface area contributed by atoms with Gasteiger partial charge < -0.3 is 10.8 Å². The fourth-order valence-corrected chi connectivity index (χ4v) is 2.15. The quantitative estimate of drug-likeness (QED) is 0.778. The highest BCUT2D eigenvalue weighted by Crippen LogP contribution is 2.33. The first-order chi connectivity index (χ1) is 8.49. The molecule has 2 rings (SSSR count). The van der Waals surface area contributed by atoms with Gasteiger partial charge in [0.1, 0.15) is 5.75 Å². The lowest BCUT2D eigenvalue weighted by Crippen LogP contribution is -1.93. The molecule has 94 valence electrons. The Kier molecular flexibility index (Phi) is 3.28. The summed E-state index contributed by atoms with van der Waals surface area (Å²) in [5.74, 6) is 0.680. The van der Waals surface area contributed by atoms with Crippen LogP contribution in [0.3, 0.4) is 0 Å². The van der Waals surface area contributed by atoms with Gasteiger partial charge in [0, 0.05) is 5.69 Å². The van der Waals surface area contributed by atoms with Crippen molar-refractivity contribution >= 4 is 5.69 Å². The van der Waals surface area contributed by atoms with Crippen LogP contribution < -0.4 is 5.73 Å². The van der Waals surface area contributed by atoms with Crippen LogP contribution in [0.1, 0.15) is 30.9 Å². The highest BCUT2D eigenvalue weighted by atomic mass is 16.3. The van der Waals surface area contributed by atoms with Gasteiger partial charge in [0.15, 0.2) is 0 Å². The number of anilines is 1. The van der Waals surface area contributed by atoms with E-state index in [2.05, 4.69) is 19.9 Å². The van der Waals surface area contributed by atoms with Gasteiger partial charge in [-0.1, -0.05) is 26.0 Å². The number of phenols is 1. The Labute approximate surface area is 108 Å². The summed E-state index contributed by atoms with van der Waals surface area (Å²) in [5, 5.41) is 9.96. The fourth-order valence-electron chi connectivity index (χ4n) is 2.15. The summed E-state index contributed by atoms with van der Waals surface area (Å²) in [6, 6.07) is 11.7. The maximum Gasteiger partial charge on any atom is 0.119 e. The largest absolute Gasteiger partial charge is 0.508 e. The maximum absolute atomic E-state index is 9.96. The average Bonchev–Trinajstić information content (AvgIpc) is 2.30. The summed E-state index contributed by atoms with van der Waals surface area (Å²) in [4.78, 5) is 0. The van der Waals surface area contributed by atoms with E-state index in [0.29, 0.717) is 11.7 Å². The third kappa shape index (κ3) is 2.33. The van der Waals surface area contributed by atoms with Gasteiger partial charge >= 0.3 is 0 Å². The Morgan fingerprint density at radius 1 is 1.06 bits per heavy atom. The number of nitrogens with two attached hydrogens (primary N) is 1. The molecule has 2 aromatic carbocycles. The fraction of sp³-hybridized carbons (Fsp3) is 0.250. The van der Waals surface area contributed by atoms with Gasteiger partial charge in [0.05, 0.1) is 0 Å². The SMILES string of the molecule is Cc1cc(O)c(C(C)C)cc1-c1ccc(N)cc1. The molecule has 0 heterocycles. The van der Waals surface area contributed by atoms with Gasteiger partial charge in [-0.3, -0.25) is 0 Å². The van der Waals surface area contributed by atoms with Gasteiger partial charge in [-0.05, 0) is 59.4 Å². The molecule has 0 spiro atoms. The van der Waals surface area contributed by atoms with Crippen molar-refractivity contribution in [2.24, 2.45) is 0 Å². The standard InChI is InChI=1S/C16H19NO/c1-10(2)14-9-15(11(3)8-16(14)18)12-4-6-13(17)7-5-12/h4-10,18H,17H2,1-3H3. The molecule has 0 saturated heterocycles. The number of phenolic OH excluding ortho intramolecular Hbond substituents is 1. The first-order valence-corrected chi connectivity index (χ1v) is 6.18. The van der Waals surface area contributed by atoms with Crippen molar-refractivity contribution in [2.45, 2.75) is 26.7 Å². The summed E-state index contributed by atoms with van der Waals surface area (Å²) < 4.78 is 0. The zero-order valence-electron chi connectivity index (χ0n) is 11.1. The molecule has 0 radical (unpaired) electrons. The highest BCUT2D eigenvalue weighted by Gasteiger charge is 2.10. The molecule has 0 unspecified atom stereocenters. The van der Waals surface area contributed by atoms with Crippen molar-refractivity contribution in [3.63, 3.8) is 0 Å². The predicted molar refractivity (Wildman–Crippen MR) is 76.8 cm³/mol. The van der Waals surface area contributed by atoms with E-state index < -0.39 is 0 Å². The van der Waals surface area contributed by atoms with Crippen LogP contribution in [0.25, 0.3) is 11.1 Å². The van der Waals surface area contributed by atoms with Crippen LogP contribution >= 0.6 is 0 Å². The molecule has 3 N–H and O–H groups in total. The number of hydrogen-bond donors (Lipinski definition) is 2. The van der Waals surface area contributed by atoms with Crippen LogP contribution in [-0.4, -0.2) is 5.11 Å². The van der Waals surface area contributed by atoms with E-state index >= 15 is 0 Å². The molecule has 0 bridgehead atoms. The van der Waals surface area contributed by atoms with Gasteiger partial charge in [-0.2, -0.15) is 0 Å². The molecule has 0 saturated carbocycles. The Hall–Kier alpha value is -1.96. The molecule has 2 nitrogen and oxygen atoms in total. The topological polar surface area (TPSA) is 46.2 Å².